The lowest BCUT2D eigenvalue weighted by Crippen LogP contribution is -2.48. The van der Waals surface area contributed by atoms with Crippen LogP contribution in [0.4, 0.5) is 4.39 Å². The van der Waals surface area contributed by atoms with Crippen molar-refractivity contribution in [3.63, 3.8) is 0 Å². The number of aliphatic hydroxyl groups is 1. The standard InChI is InChI=1S/C34H44FN3O6S/c1-23(2)21-38(45(43,44)29-16-12-24(3)13-17-29)28(22-39)10-7-8-18-36-34(42)31(19-26-9-5-6-11-30(26)35)37-33(41)27-15-14-25(4)32(40)20-27/h5-6,9,11-17,20,23,28,31,39-40H,7-8,10,18-19,21-22H2,1-4H3,(H,36,42)(H,37,41)/t28-,31-/m0/s1. The summed E-state index contributed by atoms with van der Waals surface area (Å²) in [6.45, 7) is 7.52. The number of nitrogens with one attached hydrogen (secondary N) is 2. The molecular weight excluding hydrogens is 597 g/mol. The highest BCUT2D eigenvalue weighted by Gasteiger charge is 2.31. The number of aromatic hydroxyl groups is 1. The van der Waals surface area contributed by atoms with Gasteiger partial charge >= 0.3 is 0 Å². The molecule has 0 aromatic heterocycles. The minimum Gasteiger partial charge on any atom is -0.508 e. The van der Waals surface area contributed by atoms with Crippen molar-refractivity contribution >= 4 is 21.8 Å². The fourth-order valence-electron chi connectivity index (χ4n) is 4.90. The van der Waals surface area contributed by atoms with Crippen molar-refractivity contribution in [3.8, 4) is 5.75 Å². The molecule has 3 aromatic rings. The number of phenolic OH excluding ortho intramolecular Hbond substituents is 1. The summed E-state index contributed by atoms with van der Waals surface area (Å²) in [6.07, 6.45) is 1.28. The summed E-state index contributed by atoms with van der Waals surface area (Å²) in [5.41, 5.74) is 1.95. The molecule has 0 spiro atoms. The quantitative estimate of drug-likeness (QED) is 0.170. The molecule has 45 heavy (non-hydrogen) atoms. The lowest BCUT2D eigenvalue weighted by atomic mass is 10.0. The van der Waals surface area contributed by atoms with E-state index in [1.807, 2.05) is 20.8 Å². The van der Waals surface area contributed by atoms with Crippen LogP contribution in [0.2, 0.25) is 0 Å². The highest BCUT2D eigenvalue weighted by molar-refractivity contribution is 7.89. The Balaban J connectivity index is 1.64. The van der Waals surface area contributed by atoms with E-state index in [1.165, 1.54) is 28.6 Å². The molecule has 2 atom stereocenters. The maximum atomic E-state index is 14.4. The van der Waals surface area contributed by atoms with Crippen molar-refractivity contribution in [2.24, 2.45) is 5.92 Å². The van der Waals surface area contributed by atoms with E-state index in [0.29, 0.717) is 24.8 Å². The Hall–Kier alpha value is -3.80. The van der Waals surface area contributed by atoms with Crippen LogP contribution in [0.3, 0.4) is 0 Å². The number of carbonyl (C=O) groups excluding carboxylic acids is 2. The number of rotatable bonds is 16. The minimum absolute atomic E-state index is 0.0315. The first-order valence-electron chi connectivity index (χ1n) is 15.1. The Morgan fingerprint density at radius 3 is 2.29 bits per heavy atom. The van der Waals surface area contributed by atoms with Crippen LogP contribution in [-0.2, 0) is 21.2 Å². The van der Waals surface area contributed by atoms with Gasteiger partial charge in [0.25, 0.3) is 5.91 Å². The summed E-state index contributed by atoms with van der Waals surface area (Å²) in [7, 11) is -3.85. The summed E-state index contributed by atoms with van der Waals surface area (Å²) in [4.78, 5) is 26.3. The summed E-state index contributed by atoms with van der Waals surface area (Å²) in [5.74, 6) is -1.63. The Morgan fingerprint density at radius 1 is 0.978 bits per heavy atom. The van der Waals surface area contributed by atoms with Crippen molar-refractivity contribution in [3.05, 3.63) is 94.8 Å². The van der Waals surface area contributed by atoms with Crippen molar-refractivity contribution in [1.82, 2.24) is 14.9 Å². The highest BCUT2D eigenvalue weighted by Crippen LogP contribution is 2.23. The molecule has 244 valence electrons. The van der Waals surface area contributed by atoms with Gasteiger partial charge in [0.1, 0.15) is 17.6 Å². The second kappa shape index (κ2) is 16.5. The third-order valence-corrected chi connectivity index (χ3v) is 9.46. The maximum Gasteiger partial charge on any atom is 0.252 e. The molecule has 9 nitrogen and oxygen atoms in total. The van der Waals surface area contributed by atoms with Crippen molar-refractivity contribution in [2.45, 2.75) is 70.4 Å². The second-order valence-corrected chi connectivity index (χ2v) is 13.6. The molecule has 3 rings (SSSR count). The molecule has 0 aliphatic rings. The first-order valence-corrected chi connectivity index (χ1v) is 16.6. The van der Waals surface area contributed by atoms with E-state index in [9.17, 15) is 32.6 Å². The van der Waals surface area contributed by atoms with Crippen LogP contribution in [-0.4, -0.2) is 66.5 Å². The fraction of sp³-hybridized carbons (Fsp3) is 0.412. The van der Waals surface area contributed by atoms with Crippen LogP contribution in [0.5, 0.6) is 5.75 Å². The van der Waals surface area contributed by atoms with Gasteiger partial charge < -0.3 is 20.8 Å². The average molecular weight is 642 g/mol. The van der Waals surface area contributed by atoms with Gasteiger partial charge in [-0.3, -0.25) is 9.59 Å². The number of aliphatic hydroxyl groups excluding tert-OH is 1. The largest absolute Gasteiger partial charge is 0.508 e. The predicted octanol–water partition coefficient (Wildman–Crippen LogP) is 4.48. The van der Waals surface area contributed by atoms with Gasteiger partial charge in [-0.1, -0.05) is 62.2 Å². The third kappa shape index (κ3) is 10.1. The van der Waals surface area contributed by atoms with Gasteiger partial charge in [-0.25, -0.2) is 12.8 Å². The molecule has 4 N–H and O–H groups in total. The Bertz CT molecular complexity index is 1550. The van der Waals surface area contributed by atoms with E-state index in [0.717, 1.165) is 5.56 Å². The summed E-state index contributed by atoms with van der Waals surface area (Å²) < 4.78 is 42.8. The van der Waals surface area contributed by atoms with Crippen LogP contribution in [0.1, 0.15) is 60.2 Å². The van der Waals surface area contributed by atoms with E-state index in [1.54, 1.807) is 49.4 Å². The van der Waals surface area contributed by atoms with E-state index < -0.39 is 39.7 Å². The summed E-state index contributed by atoms with van der Waals surface area (Å²) in [5, 5.41) is 25.7. The van der Waals surface area contributed by atoms with E-state index in [-0.39, 0.29) is 53.8 Å². The topological polar surface area (TPSA) is 136 Å². The molecule has 11 heteroatoms. The van der Waals surface area contributed by atoms with Gasteiger partial charge in [0.15, 0.2) is 0 Å². The molecule has 3 aromatic carbocycles. The molecule has 0 bridgehead atoms. The van der Waals surface area contributed by atoms with E-state index in [2.05, 4.69) is 10.6 Å². The zero-order valence-electron chi connectivity index (χ0n) is 26.3. The lowest BCUT2D eigenvalue weighted by Gasteiger charge is -2.31. The average Bonchev–Trinajstić information content (AvgIpc) is 3.00. The smallest absolute Gasteiger partial charge is 0.252 e. The Labute approximate surface area is 265 Å². The van der Waals surface area contributed by atoms with Crippen molar-refractivity contribution < 1.29 is 32.6 Å². The lowest BCUT2D eigenvalue weighted by molar-refractivity contribution is -0.122. The number of nitrogens with zero attached hydrogens (tertiary/aromatic N) is 1. The zero-order valence-corrected chi connectivity index (χ0v) is 27.1. The molecule has 0 aliphatic carbocycles. The van der Waals surface area contributed by atoms with E-state index in [4.69, 9.17) is 0 Å². The number of unbranched alkanes of at least 4 members (excludes halogenated alkanes) is 1. The Kier molecular flexibility index (Phi) is 13.1. The summed E-state index contributed by atoms with van der Waals surface area (Å²) in [6, 6.07) is 15.3. The molecule has 0 unspecified atom stereocenters. The molecular formula is C34H44FN3O6S. The minimum atomic E-state index is -3.85. The van der Waals surface area contributed by atoms with Gasteiger partial charge in [-0.2, -0.15) is 4.31 Å². The second-order valence-electron chi connectivity index (χ2n) is 11.7. The summed E-state index contributed by atoms with van der Waals surface area (Å²) >= 11 is 0. The number of halogens is 1. The fourth-order valence-corrected chi connectivity index (χ4v) is 6.71. The van der Waals surface area contributed by atoms with E-state index >= 15 is 0 Å². The number of carbonyl (C=O) groups is 2. The zero-order chi connectivity index (χ0) is 33.1. The first-order chi connectivity index (χ1) is 21.3. The number of hydrogen-bond donors (Lipinski definition) is 4. The SMILES string of the molecule is Cc1ccc(S(=O)(=O)N(CC(C)C)[C@H](CO)CCCCNC(=O)[C@H](Cc2ccccc2F)NC(=O)c2ccc(C)c(O)c2)cc1. The van der Waals surface area contributed by atoms with Crippen molar-refractivity contribution in [1.29, 1.82) is 0 Å². The molecule has 0 radical (unpaired) electrons. The van der Waals surface area contributed by atoms with Gasteiger partial charge in [0, 0.05) is 31.1 Å². The van der Waals surface area contributed by atoms with Crippen LogP contribution in [0, 0.1) is 25.6 Å². The highest BCUT2D eigenvalue weighted by atomic mass is 32.2. The van der Waals surface area contributed by atoms with Crippen LogP contribution < -0.4 is 10.6 Å². The number of amides is 2. The van der Waals surface area contributed by atoms with Gasteiger partial charge in [-0.05, 0) is 74.1 Å². The first kappa shape index (κ1) is 35.7. The van der Waals surface area contributed by atoms with Crippen LogP contribution >= 0.6 is 0 Å². The van der Waals surface area contributed by atoms with Gasteiger partial charge in [0.2, 0.25) is 15.9 Å². The molecule has 0 saturated heterocycles. The Morgan fingerprint density at radius 2 is 1.67 bits per heavy atom. The number of aryl methyl sites for hydroxylation is 2. The van der Waals surface area contributed by atoms with Crippen molar-refractivity contribution in [2.75, 3.05) is 19.7 Å². The molecule has 0 saturated carbocycles. The normalized spacial score (nSPS) is 13.1. The number of hydrogen-bond acceptors (Lipinski definition) is 6. The number of benzene rings is 3. The molecule has 2 amide bonds. The van der Waals surface area contributed by atoms with Crippen LogP contribution in [0.25, 0.3) is 0 Å². The maximum absolute atomic E-state index is 14.4. The molecule has 0 fully saturated rings. The predicted molar refractivity (Wildman–Crippen MR) is 172 cm³/mol. The van der Waals surface area contributed by atoms with Crippen LogP contribution in [0.15, 0.2) is 71.6 Å². The number of sulfonamides is 1. The monoisotopic (exact) mass is 641 g/mol. The number of phenols is 1. The van der Waals surface area contributed by atoms with Gasteiger partial charge in [0.05, 0.1) is 11.5 Å². The third-order valence-electron chi connectivity index (χ3n) is 7.53. The molecule has 0 aliphatic heterocycles. The molecule has 0 heterocycles. The van der Waals surface area contributed by atoms with Gasteiger partial charge in [-0.15, -0.1) is 0 Å².